The van der Waals surface area contributed by atoms with Gasteiger partial charge in [0.15, 0.2) is 0 Å². The maximum Gasteiger partial charge on any atom is 0.253 e. The molecule has 0 radical (unpaired) electrons. The number of benzene rings is 1. The molecule has 5 heteroatoms. The van der Waals surface area contributed by atoms with E-state index in [4.69, 9.17) is 4.74 Å². The highest BCUT2D eigenvalue weighted by molar-refractivity contribution is 5.94. The Hall–Kier alpha value is -2.40. The largest absolute Gasteiger partial charge is 0.490 e. The van der Waals surface area contributed by atoms with Crippen molar-refractivity contribution in [3.05, 3.63) is 59.9 Å². The molecule has 2 aliphatic rings. The van der Waals surface area contributed by atoms with Crippen LogP contribution in [0.1, 0.15) is 48.5 Å². The lowest BCUT2D eigenvalue weighted by atomic mass is 10.0. The highest BCUT2D eigenvalue weighted by Crippen LogP contribution is 2.23. The van der Waals surface area contributed by atoms with Crippen molar-refractivity contribution in [3.63, 3.8) is 0 Å². The maximum atomic E-state index is 12.6. The highest BCUT2D eigenvalue weighted by atomic mass is 16.5. The van der Waals surface area contributed by atoms with Gasteiger partial charge >= 0.3 is 0 Å². The molecular formula is C24H31N3O2. The van der Waals surface area contributed by atoms with Crippen molar-refractivity contribution in [3.8, 4) is 5.75 Å². The van der Waals surface area contributed by atoms with Crippen LogP contribution in [0.2, 0.25) is 0 Å². The highest BCUT2D eigenvalue weighted by Gasteiger charge is 2.25. The van der Waals surface area contributed by atoms with Gasteiger partial charge in [0, 0.05) is 50.2 Å². The molecule has 2 saturated heterocycles. The fourth-order valence-electron chi connectivity index (χ4n) is 4.42. The van der Waals surface area contributed by atoms with Gasteiger partial charge in [0.2, 0.25) is 0 Å². The van der Waals surface area contributed by atoms with Crippen molar-refractivity contribution in [2.45, 2.75) is 51.2 Å². The van der Waals surface area contributed by atoms with Gasteiger partial charge in [-0.1, -0.05) is 12.1 Å². The van der Waals surface area contributed by atoms with Crippen LogP contribution < -0.4 is 4.74 Å². The number of nitrogens with zero attached hydrogens (tertiary/aromatic N) is 3. The van der Waals surface area contributed by atoms with Crippen LogP contribution in [0, 0.1) is 0 Å². The first-order valence-electron chi connectivity index (χ1n) is 10.9. The van der Waals surface area contributed by atoms with Gasteiger partial charge in [0.1, 0.15) is 11.9 Å². The van der Waals surface area contributed by atoms with E-state index in [0.29, 0.717) is 6.04 Å². The second-order valence-corrected chi connectivity index (χ2v) is 8.29. The summed E-state index contributed by atoms with van der Waals surface area (Å²) in [5.41, 5.74) is 2.03. The minimum absolute atomic E-state index is 0.131. The molecule has 0 saturated carbocycles. The number of carbonyl (C=O) groups excluding carboxylic acids is 1. The first-order valence-corrected chi connectivity index (χ1v) is 10.9. The molecule has 2 aromatic rings. The van der Waals surface area contributed by atoms with Crippen LogP contribution in [0.5, 0.6) is 5.75 Å². The third kappa shape index (κ3) is 5.15. The minimum Gasteiger partial charge on any atom is -0.490 e. The summed E-state index contributed by atoms with van der Waals surface area (Å²) < 4.78 is 6.25. The van der Waals surface area contributed by atoms with Crippen molar-refractivity contribution in [2.24, 2.45) is 0 Å². The maximum absolute atomic E-state index is 12.6. The standard InChI is InChI=1S/C24H31N3O2/c1-19(16-20-6-5-11-25-18-20)26-14-9-22(10-15-26)29-23-8-4-7-21(17-23)24(28)27-12-2-3-13-27/h4-8,11,17-19,22H,2-3,9-10,12-16H2,1H3. The Morgan fingerprint density at radius 1 is 1.14 bits per heavy atom. The summed E-state index contributed by atoms with van der Waals surface area (Å²) in [6, 6.07) is 12.4. The number of ether oxygens (including phenoxy) is 1. The molecule has 0 spiro atoms. The molecule has 1 aromatic heterocycles. The van der Waals surface area contributed by atoms with E-state index in [9.17, 15) is 4.79 Å². The fraction of sp³-hybridized carbons (Fsp3) is 0.500. The Kier molecular flexibility index (Phi) is 6.45. The summed E-state index contributed by atoms with van der Waals surface area (Å²) in [6.07, 6.45) is 9.28. The van der Waals surface area contributed by atoms with Crippen LogP contribution in [0.3, 0.4) is 0 Å². The van der Waals surface area contributed by atoms with Crippen molar-refractivity contribution in [2.75, 3.05) is 26.2 Å². The SMILES string of the molecule is CC(Cc1cccnc1)N1CCC(Oc2cccc(C(=O)N3CCCC3)c2)CC1. The molecule has 1 amide bonds. The van der Waals surface area contributed by atoms with Gasteiger partial charge in [-0.2, -0.15) is 0 Å². The van der Waals surface area contributed by atoms with E-state index in [1.165, 1.54) is 5.56 Å². The number of aromatic nitrogens is 1. The molecule has 4 rings (SSSR count). The summed E-state index contributed by atoms with van der Waals surface area (Å²) >= 11 is 0. The molecule has 1 unspecified atom stereocenters. The minimum atomic E-state index is 0.131. The van der Waals surface area contributed by atoms with E-state index in [1.54, 1.807) is 0 Å². The zero-order valence-corrected chi connectivity index (χ0v) is 17.3. The van der Waals surface area contributed by atoms with Crippen molar-refractivity contribution in [1.82, 2.24) is 14.8 Å². The molecule has 154 valence electrons. The van der Waals surface area contributed by atoms with Crippen LogP contribution in [0.4, 0.5) is 0 Å². The topological polar surface area (TPSA) is 45.7 Å². The van der Waals surface area contributed by atoms with E-state index in [-0.39, 0.29) is 12.0 Å². The monoisotopic (exact) mass is 393 g/mol. The van der Waals surface area contributed by atoms with E-state index < -0.39 is 0 Å². The van der Waals surface area contributed by atoms with Gasteiger partial charge in [0.05, 0.1) is 0 Å². The summed E-state index contributed by atoms with van der Waals surface area (Å²) in [5, 5.41) is 0. The average molecular weight is 394 g/mol. The van der Waals surface area contributed by atoms with E-state index in [2.05, 4.69) is 22.9 Å². The third-order valence-electron chi connectivity index (χ3n) is 6.13. The van der Waals surface area contributed by atoms with Crippen LogP contribution in [-0.4, -0.2) is 59.0 Å². The number of carbonyl (C=O) groups is 1. The van der Waals surface area contributed by atoms with Gasteiger partial charge in [-0.15, -0.1) is 0 Å². The number of rotatable bonds is 6. The third-order valence-corrected chi connectivity index (χ3v) is 6.13. The number of amides is 1. The molecule has 1 atom stereocenters. The molecule has 0 bridgehead atoms. The van der Waals surface area contributed by atoms with Gasteiger partial charge in [-0.3, -0.25) is 9.78 Å². The first-order chi connectivity index (χ1) is 14.2. The number of pyridine rings is 1. The average Bonchev–Trinajstić information content (AvgIpc) is 3.29. The van der Waals surface area contributed by atoms with Gasteiger partial charge in [-0.05, 0) is 68.9 Å². The Morgan fingerprint density at radius 3 is 2.66 bits per heavy atom. The molecule has 5 nitrogen and oxygen atoms in total. The second kappa shape index (κ2) is 9.40. The van der Waals surface area contributed by atoms with E-state index in [1.807, 2.05) is 47.6 Å². The fourth-order valence-corrected chi connectivity index (χ4v) is 4.42. The molecule has 1 aromatic carbocycles. The molecule has 2 fully saturated rings. The Bertz CT molecular complexity index is 797. The molecule has 2 aliphatic heterocycles. The Balaban J connectivity index is 1.28. The predicted octanol–water partition coefficient (Wildman–Crippen LogP) is 3.79. The molecule has 3 heterocycles. The zero-order valence-electron chi connectivity index (χ0n) is 17.3. The lowest BCUT2D eigenvalue weighted by Crippen LogP contribution is -2.43. The first kappa shape index (κ1) is 19.9. The Morgan fingerprint density at radius 2 is 1.93 bits per heavy atom. The van der Waals surface area contributed by atoms with Crippen molar-refractivity contribution < 1.29 is 9.53 Å². The van der Waals surface area contributed by atoms with Crippen LogP contribution in [-0.2, 0) is 6.42 Å². The summed E-state index contributed by atoms with van der Waals surface area (Å²) in [7, 11) is 0. The molecule has 29 heavy (non-hydrogen) atoms. The summed E-state index contributed by atoms with van der Waals surface area (Å²) in [6.45, 7) is 6.12. The molecule has 0 N–H and O–H groups in total. The lowest BCUT2D eigenvalue weighted by Gasteiger charge is -2.36. The molecular weight excluding hydrogens is 362 g/mol. The number of hydrogen-bond donors (Lipinski definition) is 0. The summed E-state index contributed by atoms with van der Waals surface area (Å²) in [4.78, 5) is 21.3. The van der Waals surface area contributed by atoms with Gasteiger partial charge in [-0.25, -0.2) is 0 Å². The van der Waals surface area contributed by atoms with E-state index in [0.717, 1.165) is 69.6 Å². The van der Waals surface area contributed by atoms with Gasteiger partial charge in [0.25, 0.3) is 5.91 Å². The van der Waals surface area contributed by atoms with Gasteiger partial charge < -0.3 is 14.5 Å². The van der Waals surface area contributed by atoms with Crippen LogP contribution >= 0.6 is 0 Å². The Labute approximate surface area is 173 Å². The summed E-state index contributed by atoms with van der Waals surface area (Å²) in [5.74, 6) is 0.948. The second-order valence-electron chi connectivity index (χ2n) is 8.29. The van der Waals surface area contributed by atoms with Crippen LogP contribution in [0.25, 0.3) is 0 Å². The zero-order chi connectivity index (χ0) is 20.1. The van der Waals surface area contributed by atoms with Crippen LogP contribution in [0.15, 0.2) is 48.8 Å². The van der Waals surface area contributed by atoms with Crippen molar-refractivity contribution >= 4 is 5.91 Å². The van der Waals surface area contributed by atoms with Crippen molar-refractivity contribution in [1.29, 1.82) is 0 Å². The quantitative estimate of drug-likeness (QED) is 0.749. The normalized spacial score (nSPS) is 19.3. The predicted molar refractivity (Wildman–Crippen MR) is 114 cm³/mol. The number of hydrogen-bond acceptors (Lipinski definition) is 4. The smallest absolute Gasteiger partial charge is 0.253 e. The molecule has 0 aliphatic carbocycles. The number of likely N-dealkylation sites (tertiary alicyclic amines) is 2. The number of piperidine rings is 1. The van der Waals surface area contributed by atoms with E-state index >= 15 is 0 Å². The lowest BCUT2D eigenvalue weighted by molar-refractivity contribution is 0.0772.